The molecule has 1 atom stereocenters. The second kappa shape index (κ2) is 11.5. The Morgan fingerprint density at radius 2 is 2.03 bits per heavy atom. The number of carbonyl (C=O) groups is 2. The smallest absolute Gasteiger partial charge is 0.257 e. The number of allylic oxidation sites excluding steroid dienone is 1. The number of aryl methyl sites for hydroxylation is 1. The number of para-hydroxylation sites is 1. The molecular formula is C25H28N4O2S. The van der Waals surface area contributed by atoms with E-state index in [1.54, 1.807) is 32.0 Å². The SMILES string of the molecule is Cc1nc(SC(C)C(=O)NCCC2=CCCCC2)c(C#N)cc1C(=O)Nc1ccccc1. The van der Waals surface area contributed by atoms with Gasteiger partial charge in [-0.2, -0.15) is 5.26 Å². The van der Waals surface area contributed by atoms with Crippen LogP contribution in [0.3, 0.4) is 0 Å². The largest absolute Gasteiger partial charge is 0.355 e. The molecule has 2 N–H and O–H groups in total. The van der Waals surface area contributed by atoms with Crippen molar-refractivity contribution in [1.82, 2.24) is 10.3 Å². The first-order valence-electron chi connectivity index (χ1n) is 10.9. The fourth-order valence-corrected chi connectivity index (χ4v) is 4.49. The van der Waals surface area contributed by atoms with Crippen LogP contribution in [0.1, 0.15) is 60.6 Å². The van der Waals surface area contributed by atoms with Crippen LogP contribution in [-0.4, -0.2) is 28.6 Å². The molecule has 1 aliphatic rings. The van der Waals surface area contributed by atoms with Gasteiger partial charge in [0.1, 0.15) is 11.1 Å². The number of anilines is 1. The van der Waals surface area contributed by atoms with E-state index in [-0.39, 0.29) is 17.4 Å². The molecule has 3 rings (SSSR count). The van der Waals surface area contributed by atoms with E-state index in [0.29, 0.717) is 28.5 Å². The lowest BCUT2D eigenvalue weighted by atomic mass is 9.97. The predicted octanol–water partition coefficient (Wildman–Crippen LogP) is 5.00. The molecule has 0 spiro atoms. The van der Waals surface area contributed by atoms with Crippen molar-refractivity contribution in [3.05, 3.63) is 64.9 Å². The van der Waals surface area contributed by atoms with E-state index in [1.807, 2.05) is 18.2 Å². The summed E-state index contributed by atoms with van der Waals surface area (Å²) in [6.45, 7) is 4.15. The summed E-state index contributed by atoms with van der Waals surface area (Å²) < 4.78 is 0. The second-order valence-electron chi connectivity index (χ2n) is 7.82. The van der Waals surface area contributed by atoms with Gasteiger partial charge in [0.05, 0.1) is 22.1 Å². The Hall–Kier alpha value is -3.11. The number of rotatable bonds is 8. The summed E-state index contributed by atoms with van der Waals surface area (Å²) in [5.41, 5.74) is 3.23. The summed E-state index contributed by atoms with van der Waals surface area (Å²) in [5, 5.41) is 15.5. The highest BCUT2D eigenvalue weighted by atomic mass is 32.2. The molecule has 2 aromatic rings. The van der Waals surface area contributed by atoms with Crippen LogP contribution >= 0.6 is 11.8 Å². The number of amides is 2. The van der Waals surface area contributed by atoms with Crippen LogP contribution in [0, 0.1) is 18.3 Å². The molecule has 0 saturated carbocycles. The first-order chi connectivity index (χ1) is 15.5. The lowest BCUT2D eigenvalue weighted by Gasteiger charge is -2.16. The number of nitrogens with zero attached hydrogens (tertiary/aromatic N) is 2. The van der Waals surface area contributed by atoms with E-state index >= 15 is 0 Å². The third kappa shape index (κ3) is 6.44. The van der Waals surface area contributed by atoms with Crippen LogP contribution in [-0.2, 0) is 4.79 Å². The van der Waals surface area contributed by atoms with Crippen molar-refractivity contribution in [2.75, 3.05) is 11.9 Å². The summed E-state index contributed by atoms with van der Waals surface area (Å²) in [6, 6.07) is 12.8. The molecule has 0 radical (unpaired) electrons. The Bertz CT molecular complexity index is 1040. The quantitative estimate of drug-likeness (QED) is 0.438. The summed E-state index contributed by atoms with van der Waals surface area (Å²) in [6.07, 6.45) is 7.91. The number of hydrogen-bond acceptors (Lipinski definition) is 5. The zero-order chi connectivity index (χ0) is 22.9. The Balaban J connectivity index is 1.62. The summed E-state index contributed by atoms with van der Waals surface area (Å²) in [5.74, 6) is -0.405. The van der Waals surface area contributed by atoms with Crippen LogP contribution in [0.25, 0.3) is 0 Å². The Kier molecular flexibility index (Phi) is 8.46. The van der Waals surface area contributed by atoms with Crippen molar-refractivity contribution in [3.63, 3.8) is 0 Å². The molecule has 1 aliphatic carbocycles. The number of pyridine rings is 1. The molecule has 1 heterocycles. The number of thioether (sulfide) groups is 1. The number of nitrogens with one attached hydrogen (secondary N) is 2. The number of aromatic nitrogens is 1. The maximum absolute atomic E-state index is 12.7. The standard InChI is InChI=1S/C25H28N4O2S/c1-17-22(24(31)29-21-11-7-4-8-12-21)15-20(16-26)25(28-17)32-18(2)23(30)27-14-13-19-9-5-3-6-10-19/h4,7-9,11-12,15,18H,3,5-6,10,13-14H2,1-2H3,(H,27,30)(H,29,31). The zero-order valence-electron chi connectivity index (χ0n) is 18.5. The van der Waals surface area contributed by atoms with Gasteiger partial charge in [0.2, 0.25) is 5.91 Å². The van der Waals surface area contributed by atoms with Crippen LogP contribution in [0.4, 0.5) is 5.69 Å². The highest BCUT2D eigenvalue weighted by Gasteiger charge is 2.20. The van der Waals surface area contributed by atoms with Gasteiger partial charge in [-0.25, -0.2) is 4.98 Å². The second-order valence-corrected chi connectivity index (χ2v) is 9.14. The van der Waals surface area contributed by atoms with Gasteiger partial charge in [-0.15, -0.1) is 0 Å². The number of benzene rings is 1. The first-order valence-corrected chi connectivity index (χ1v) is 11.8. The Morgan fingerprint density at radius 3 is 2.72 bits per heavy atom. The number of nitriles is 1. The van der Waals surface area contributed by atoms with Crippen molar-refractivity contribution in [3.8, 4) is 6.07 Å². The van der Waals surface area contributed by atoms with E-state index in [2.05, 4.69) is 27.8 Å². The molecule has 1 unspecified atom stereocenters. The fourth-order valence-electron chi connectivity index (χ4n) is 3.55. The highest BCUT2D eigenvalue weighted by molar-refractivity contribution is 8.00. The van der Waals surface area contributed by atoms with E-state index in [1.165, 1.54) is 30.2 Å². The molecule has 2 amide bonds. The molecule has 32 heavy (non-hydrogen) atoms. The van der Waals surface area contributed by atoms with Crippen LogP contribution in [0.15, 0.2) is 53.1 Å². The third-order valence-corrected chi connectivity index (χ3v) is 6.46. The molecule has 1 aromatic heterocycles. The minimum Gasteiger partial charge on any atom is -0.355 e. The molecule has 0 bridgehead atoms. The van der Waals surface area contributed by atoms with E-state index < -0.39 is 5.25 Å². The summed E-state index contributed by atoms with van der Waals surface area (Å²) in [7, 11) is 0. The molecule has 0 fully saturated rings. The van der Waals surface area contributed by atoms with Crippen molar-refractivity contribution in [2.45, 2.75) is 56.2 Å². The van der Waals surface area contributed by atoms with Gasteiger partial charge in [-0.3, -0.25) is 9.59 Å². The van der Waals surface area contributed by atoms with E-state index in [9.17, 15) is 14.9 Å². The van der Waals surface area contributed by atoms with Crippen molar-refractivity contribution in [2.24, 2.45) is 0 Å². The van der Waals surface area contributed by atoms with Gasteiger partial charge in [-0.05, 0) is 64.2 Å². The maximum Gasteiger partial charge on any atom is 0.257 e. The topological polar surface area (TPSA) is 94.9 Å². The van der Waals surface area contributed by atoms with Gasteiger partial charge >= 0.3 is 0 Å². The van der Waals surface area contributed by atoms with Crippen LogP contribution in [0.5, 0.6) is 0 Å². The van der Waals surface area contributed by atoms with Crippen molar-refractivity contribution < 1.29 is 9.59 Å². The number of hydrogen-bond donors (Lipinski definition) is 2. The molecule has 7 heteroatoms. The van der Waals surface area contributed by atoms with Gasteiger partial charge in [0, 0.05) is 12.2 Å². The first kappa shape index (κ1) is 23.6. The van der Waals surface area contributed by atoms with Crippen molar-refractivity contribution in [1.29, 1.82) is 5.26 Å². The predicted molar refractivity (Wildman–Crippen MR) is 128 cm³/mol. The summed E-state index contributed by atoms with van der Waals surface area (Å²) in [4.78, 5) is 29.7. The van der Waals surface area contributed by atoms with Crippen molar-refractivity contribution >= 4 is 29.3 Å². The molecule has 166 valence electrons. The van der Waals surface area contributed by atoms with E-state index in [4.69, 9.17) is 0 Å². The number of carbonyl (C=O) groups excluding carboxylic acids is 2. The average Bonchev–Trinajstić information content (AvgIpc) is 2.80. The zero-order valence-corrected chi connectivity index (χ0v) is 19.3. The average molecular weight is 449 g/mol. The molecule has 1 aromatic carbocycles. The van der Waals surface area contributed by atoms with Gasteiger partial charge < -0.3 is 10.6 Å². The molecular weight excluding hydrogens is 420 g/mol. The molecule has 6 nitrogen and oxygen atoms in total. The third-order valence-electron chi connectivity index (χ3n) is 5.36. The Morgan fingerprint density at radius 1 is 1.25 bits per heavy atom. The molecule has 0 saturated heterocycles. The summed E-state index contributed by atoms with van der Waals surface area (Å²) >= 11 is 1.24. The van der Waals surface area contributed by atoms with Gasteiger partial charge in [-0.1, -0.05) is 41.6 Å². The highest BCUT2D eigenvalue weighted by Crippen LogP contribution is 2.27. The Labute approximate surface area is 193 Å². The fraction of sp³-hybridized carbons (Fsp3) is 0.360. The minimum absolute atomic E-state index is 0.0827. The van der Waals surface area contributed by atoms with Crippen LogP contribution < -0.4 is 10.6 Å². The minimum atomic E-state index is -0.404. The molecule has 0 aliphatic heterocycles. The van der Waals surface area contributed by atoms with E-state index in [0.717, 1.165) is 19.3 Å². The van der Waals surface area contributed by atoms with Gasteiger partial charge in [0.15, 0.2) is 0 Å². The lowest BCUT2D eigenvalue weighted by Crippen LogP contribution is -2.32. The maximum atomic E-state index is 12.7. The monoisotopic (exact) mass is 448 g/mol. The lowest BCUT2D eigenvalue weighted by molar-refractivity contribution is -0.120. The normalized spacial score (nSPS) is 14.1. The van der Waals surface area contributed by atoms with Crippen LogP contribution in [0.2, 0.25) is 0 Å². The van der Waals surface area contributed by atoms with Gasteiger partial charge in [0.25, 0.3) is 5.91 Å².